The van der Waals surface area contributed by atoms with Crippen molar-refractivity contribution in [3.05, 3.63) is 71.7 Å². The highest BCUT2D eigenvalue weighted by atomic mass is 19.1. The van der Waals surface area contributed by atoms with Gasteiger partial charge < -0.3 is 15.3 Å². The lowest BCUT2D eigenvalue weighted by Crippen LogP contribution is -2.19. The Bertz CT molecular complexity index is 1170. The van der Waals surface area contributed by atoms with Gasteiger partial charge in [0.25, 0.3) is 0 Å². The number of aromatic nitrogens is 2. The van der Waals surface area contributed by atoms with Gasteiger partial charge in [-0.25, -0.2) is 4.39 Å². The Morgan fingerprint density at radius 1 is 1.00 bits per heavy atom. The van der Waals surface area contributed by atoms with Crippen LogP contribution in [0.2, 0.25) is 0 Å². The first-order valence-corrected chi connectivity index (χ1v) is 10.6. The van der Waals surface area contributed by atoms with E-state index >= 15 is 0 Å². The molecule has 0 saturated heterocycles. The van der Waals surface area contributed by atoms with E-state index in [1.165, 1.54) is 12.1 Å². The predicted molar refractivity (Wildman–Crippen MR) is 123 cm³/mol. The van der Waals surface area contributed by atoms with E-state index in [1.54, 1.807) is 12.1 Å². The van der Waals surface area contributed by atoms with E-state index in [1.807, 2.05) is 44.2 Å². The van der Waals surface area contributed by atoms with Crippen LogP contribution in [0, 0.1) is 17.7 Å². The Morgan fingerprint density at radius 2 is 1.67 bits per heavy atom. The number of aliphatic hydroxyl groups is 2. The van der Waals surface area contributed by atoms with Crippen LogP contribution >= 0.6 is 0 Å². The lowest BCUT2D eigenvalue weighted by Gasteiger charge is -2.16. The van der Waals surface area contributed by atoms with E-state index in [9.17, 15) is 19.4 Å². The van der Waals surface area contributed by atoms with Gasteiger partial charge in [-0.2, -0.15) is 5.10 Å². The molecule has 170 valence electrons. The molecule has 6 nitrogen and oxygen atoms in total. The van der Waals surface area contributed by atoms with Crippen LogP contribution in [0.5, 0.6) is 0 Å². The average Bonchev–Trinajstić information content (AvgIpc) is 2.77. The van der Waals surface area contributed by atoms with Gasteiger partial charge in [0, 0.05) is 17.5 Å². The lowest BCUT2D eigenvalue weighted by atomic mass is 9.91. The minimum absolute atomic E-state index is 0.0411. The van der Waals surface area contributed by atoms with Crippen LogP contribution < -0.4 is 0 Å². The summed E-state index contributed by atoms with van der Waals surface area (Å²) in [6, 6.07) is 15.4. The third kappa shape index (κ3) is 6.22. The normalized spacial score (nSPS) is 12.7. The van der Waals surface area contributed by atoms with Crippen LogP contribution in [-0.2, 0) is 4.79 Å². The zero-order chi connectivity index (χ0) is 24.0. The maximum atomic E-state index is 13.6. The fourth-order valence-corrected chi connectivity index (χ4v) is 3.43. The highest BCUT2D eigenvalue weighted by Gasteiger charge is 2.21. The van der Waals surface area contributed by atoms with Gasteiger partial charge >= 0.3 is 5.97 Å². The summed E-state index contributed by atoms with van der Waals surface area (Å²) in [7, 11) is 0. The van der Waals surface area contributed by atoms with Gasteiger partial charge in [-0.05, 0) is 23.6 Å². The summed E-state index contributed by atoms with van der Waals surface area (Å²) < 4.78 is 13.6. The van der Waals surface area contributed by atoms with Gasteiger partial charge in [-0.15, -0.1) is 5.10 Å². The number of nitrogens with zero attached hydrogens (tertiary/aromatic N) is 2. The van der Waals surface area contributed by atoms with Crippen molar-refractivity contribution < 1.29 is 24.5 Å². The molecule has 1 heterocycles. The zero-order valence-electron chi connectivity index (χ0n) is 18.4. The van der Waals surface area contributed by atoms with Gasteiger partial charge in [-0.3, -0.25) is 4.79 Å². The molecule has 0 saturated carbocycles. The number of benzene rings is 2. The van der Waals surface area contributed by atoms with Crippen molar-refractivity contribution in [1.29, 1.82) is 0 Å². The van der Waals surface area contributed by atoms with Crippen LogP contribution in [-0.4, -0.2) is 43.7 Å². The first kappa shape index (κ1) is 24.1. The second-order valence-electron chi connectivity index (χ2n) is 7.98. The number of aliphatic hydroxyl groups excluding tert-OH is 2. The SMILES string of the molecule is CC(C)c1nnc(-c2ccccc2)c(-c2ccc(F)cc2)c1C#C[C@@H](O)C[C@@H](O)CC(=O)O. The number of carboxylic acid groups (broad SMARTS) is 1. The van der Waals surface area contributed by atoms with E-state index in [2.05, 4.69) is 22.0 Å². The highest BCUT2D eigenvalue weighted by Crippen LogP contribution is 2.35. The first-order valence-electron chi connectivity index (χ1n) is 10.6. The Labute approximate surface area is 191 Å². The van der Waals surface area contributed by atoms with Crippen molar-refractivity contribution in [2.24, 2.45) is 0 Å². The molecule has 3 rings (SSSR count). The summed E-state index contributed by atoms with van der Waals surface area (Å²) in [6.45, 7) is 3.89. The van der Waals surface area contributed by atoms with E-state index in [0.717, 1.165) is 5.56 Å². The summed E-state index contributed by atoms with van der Waals surface area (Å²) >= 11 is 0. The second kappa shape index (κ2) is 10.8. The van der Waals surface area contributed by atoms with Crippen LogP contribution in [0.15, 0.2) is 54.6 Å². The largest absolute Gasteiger partial charge is 0.481 e. The molecule has 0 bridgehead atoms. The Balaban J connectivity index is 2.17. The molecule has 2 aromatic carbocycles. The molecule has 0 amide bonds. The predicted octanol–water partition coefficient (Wildman–Crippen LogP) is 4.01. The van der Waals surface area contributed by atoms with Gasteiger partial charge in [-0.1, -0.05) is 68.2 Å². The number of carbonyl (C=O) groups is 1. The average molecular weight is 448 g/mol. The standard InChI is InChI=1S/C26H25FN2O4/c1-16(2)25-22(13-12-20(30)14-21(31)15-23(32)33)24(17-8-10-19(27)11-9-17)26(29-28-25)18-6-4-3-5-7-18/h3-11,16,20-21,30-31H,14-15H2,1-2H3,(H,32,33)/t20-,21-/m1/s1. The van der Waals surface area contributed by atoms with Gasteiger partial charge in [0.15, 0.2) is 0 Å². The first-order chi connectivity index (χ1) is 15.8. The van der Waals surface area contributed by atoms with Crippen molar-refractivity contribution in [3.8, 4) is 34.2 Å². The summed E-state index contributed by atoms with van der Waals surface area (Å²) in [5.74, 6) is 4.13. The molecule has 0 aliphatic heterocycles. The van der Waals surface area contributed by atoms with E-state index in [4.69, 9.17) is 5.11 Å². The quantitative estimate of drug-likeness (QED) is 0.472. The van der Waals surface area contributed by atoms with Crippen LogP contribution in [0.4, 0.5) is 4.39 Å². The topological polar surface area (TPSA) is 104 Å². The fraction of sp³-hybridized carbons (Fsp3) is 0.269. The Hall–Kier alpha value is -3.60. The summed E-state index contributed by atoms with van der Waals surface area (Å²) in [5, 5.41) is 37.8. The fourth-order valence-electron chi connectivity index (χ4n) is 3.43. The summed E-state index contributed by atoms with van der Waals surface area (Å²) in [4.78, 5) is 10.8. The number of carboxylic acids is 1. The smallest absolute Gasteiger partial charge is 0.305 e. The molecule has 33 heavy (non-hydrogen) atoms. The van der Waals surface area contributed by atoms with E-state index in [0.29, 0.717) is 28.1 Å². The van der Waals surface area contributed by atoms with Gasteiger partial charge in [0.2, 0.25) is 0 Å². The molecule has 0 unspecified atom stereocenters. The molecular weight excluding hydrogens is 423 g/mol. The third-order valence-corrected chi connectivity index (χ3v) is 5.00. The molecule has 0 spiro atoms. The Kier molecular flexibility index (Phi) is 7.88. The van der Waals surface area contributed by atoms with Gasteiger partial charge in [0.05, 0.1) is 23.8 Å². The molecule has 7 heteroatoms. The van der Waals surface area contributed by atoms with Crippen LogP contribution in [0.25, 0.3) is 22.4 Å². The minimum Gasteiger partial charge on any atom is -0.481 e. The molecular formula is C26H25FN2O4. The van der Waals surface area contributed by atoms with Crippen molar-refractivity contribution in [2.45, 2.75) is 44.8 Å². The number of aliphatic carboxylic acids is 1. The van der Waals surface area contributed by atoms with Crippen molar-refractivity contribution in [1.82, 2.24) is 10.2 Å². The molecule has 1 aromatic heterocycles. The zero-order valence-corrected chi connectivity index (χ0v) is 18.4. The number of halogens is 1. The number of hydrogen-bond acceptors (Lipinski definition) is 5. The monoisotopic (exact) mass is 448 g/mol. The maximum Gasteiger partial charge on any atom is 0.305 e. The molecule has 2 atom stereocenters. The van der Waals surface area contributed by atoms with E-state index in [-0.39, 0.29) is 18.2 Å². The minimum atomic E-state index is -1.24. The number of rotatable bonds is 7. The van der Waals surface area contributed by atoms with Crippen LogP contribution in [0.1, 0.15) is 43.9 Å². The third-order valence-electron chi connectivity index (χ3n) is 5.00. The Morgan fingerprint density at radius 3 is 2.27 bits per heavy atom. The molecule has 0 radical (unpaired) electrons. The molecule has 3 N–H and O–H groups in total. The lowest BCUT2D eigenvalue weighted by molar-refractivity contribution is -0.139. The molecule has 0 fully saturated rings. The van der Waals surface area contributed by atoms with Gasteiger partial charge in [0.1, 0.15) is 17.6 Å². The van der Waals surface area contributed by atoms with Crippen LogP contribution in [0.3, 0.4) is 0 Å². The maximum absolute atomic E-state index is 13.6. The summed E-state index contributed by atoms with van der Waals surface area (Å²) in [6.07, 6.45) is -3.14. The second-order valence-corrected chi connectivity index (χ2v) is 7.98. The summed E-state index contributed by atoms with van der Waals surface area (Å²) in [5.41, 5.74) is 3.87. The van der Waals surface area contributed by atoms with E-state index < -0.39 is 24.6 Å². The van der Waals surface area contributed by atoms with Crippen molar-refractivity contribution in [2.75, 3.05) is 0 Å². The highest BCUT2D eigenvalue weighted by molar-refractivity contribution is 5.85. The molecule has 3 aromatic rings. The molecule has 0 aliphatic carbocycles. The number of hydrogen-bond donors (Lipinski definition) is 3. The molecule has 0 aliphatic rings. The van der Waals surface area contributed by atoms with Crippen molar-refractivity contribution in [3.63, 3.8) is 0 Å². The van der Waals surface area contributed by atoms with Crippen molar-refractivity contribution >= 4 is 5.97 Å².